The maximum atomic E-state index is 4.49. The standard InChI is InChI=1S/C17H30N4/c1-13(2)14-4-5-16(18-3)15(10-14)11-20-8-9-21-7-6-19-17(21)12-20/h6-7,13-16,18H,4-5,8-12H2,1-3H3. The molecule has 21 heavy (non-hydrogen) atoms. The number of fused-ring (bicyclic) bond motifs is 1. The van der Waals surface area contributed by atoms with E-state index in [0.717, 1.165) is 30.8 Å². The predicted octanol–water partition coefficient (Wildman–Crippen LogP) is 2.36. The summed E-state index contributed by atoms with van der Waals surface area (Å²) in [6.07, 6.45) is 8.16. The lowest BCUT2D eigenvalue weighted by Gasteiger charge is -2.41. The fourth-order valence-electron chi connectivity index (χ4n) is 4.20. The summed E-state index contributed by atoms with van der Waals surface area (Å²) in [6.45, 7) is 9.29. The maximum absolute atomic E-state index is 4.49. The van der Waals surface area contributed by atoms with Gasteiger partial charge in [-0.3, -0.25) is 4.90 Å². The fourth-order valence-corrected chi connectivity index (χ4v) is 4.20. The monoisotopic (exact) mass is 290 g/mol. The molecule has 2 aliphatic rings. The molecule has 1 saturated carbocycles. The lowest BCUT2D eigenvalue weighted by Crippen LogP contribution is -2.46. The van der Waals surface area contributed by atoms with E-state index in [2.05, 4.69) is 46.9 Å². The van der Waals surface area contributed by atoms with Crippen molar-refractivity contribution in [1.82, 2.24) is 19.8 Å². The second-order valence-corrected chi connectivity index (χ2v) is 7.24. The number of aromatic nitrogens is 2. The summed E-state index contributed by atoms with van der Waals surface area (Å²) in [5, 5.41) is 3.57. The number of imidazole rings is 1. The van der Waals surface area contributed by atoms with Gasteiger partial charge in [-0.15, -0.1) is 0 Å². The molecule has 0 aromatic carbocycles. The highest BCUT2D eigenvalue weighted by atomic mass is 15.2. The van der Waals surface area contributed by atoms with Crippen molar-refractivity contribution in [3.05, 3.63) is 18.2 Å². The van der Waals surface area contributed by atoms with Crippen molar-refractivity contribution in [2.45, 2.75) is 52.2 Å². The van der Waals surface area contributed by atoms with Crippen LogP contribution >= 0.6 is 0 Å². The Labute approximate surface area is 128 Å². The van der Waals surface area contributed by atoms with E-state index < -0.39 is 0 Å². The highest BCUT2D eigenvalue weighted by Gasteiger charge is 2.32. The minimum atomic E-state index is 0.696. The zero-order valence-electron chi connectivity index (χ0n) is 13.8. The van der Waals surface area contributed by atoms with Crippen LogP contribution in [0.3, 0.4) is 0 Å². The molecule has 1 aromatic rings. The molecule has 1 aromatic heterocycles. The first-order valence-corrected chi connectivity index (χ1v) is 8.57. The van der Waals surface area contributed by atoms with Gasteiger partial charge in [0.25, 0.3) is 0 Å². The van der Waals surface area contributed by atoms with Crippen molar-refractivity contribution in [2.24, 2.45) is 17.8 Å². The zero-order chi connectivity index (χ0) is 14.8. The van der Waals surface area contributed by atoms with Crippen LogP contribution in [0.4, 0.5) is 0 Å². The topological polar surface area (TPSA) is 33.1 Å². The van der Waals surface area contributed by atoms with Crippen molar-refractivity contribution in [3.63, 3.8) is 0 Å². The highest BCUT2D eigenvalue weighted by molar-refractivity contribution is 4.96. The van der Waals surface area contributed by atoms with Gasteiger partial charge in [0.2, 0.25) is 0 Å². The molecule has 0 saturated heterocycles. The smallest absolute Gasteiger partial charge is 0.122 e. The van der Waals surface area contributed by atoms with Crippen molar-refractivity contribution < 1.29 is 0 Å². The molecule has 118 valence electrons. The quantitative estimate of drug-likeness (QED) is 0.924. The molecule has 4 nitrogen and oxygen atoms in total. The predicted molar refractivity (Wildman–Crippen MR) is 86.0 cm³/mol. The molecule has 0 radical (unpaired) electrons. The van der Waals surface area contributed by atoms with Crippen molar-refractivity contribution in [2.75, 3.05) is 20.1 Å². The highest BCUT2D eigenvalue weighted by Crippen LogP contribution is 2.34. The van der Waals surface area contributed by atoms with Crippen LogP contribution in [0.15, 0.2) is 12.4 Å². The first kappa shape index (κ1) is 15.0. The Hall–Kier alpha value is -0.870. The number of rotatable bonds is 4. The lowest BCUT2D eigenvalue weighted by atomic mass is 9.73. The maximum Gasteiger partial charge on any atom is 0.122 e. The second-order valence-electron chi connectivity index (χ2n) is 7.24. The van der Waals surface area contributed by atoms with E-state index in [1.807, 2.05) is 6.20 Å². The third kappa shape index (κ3) is 3.32. The number of nitrogens with zero attached hydrogens (tertiary/aromatic N) is 3. The van der Waals surface area contributed by atoms with E-state index >= 15 is 0 Å². The van der Waals surface area contributed by atoms with Crippen LogP contribution in [0.2, 0.25) is 0 Å². The van der Waals surface area contributed by atoms with Crippen LogP contribution in [0.5, 0.6) is 0 Å². The van der Waals surface area contributed by atoms with E-state index in [0.29, 0.717) is 6.04 Å². The molecule has 1 N–H and O–H groups in total. The van der Waals surface area contributed by atoms with E-state index in [-0.39, 0.29) is 0 Å². The molecule has 3 rings (SSSR count). The van der Waals surface area contributed by atoms with Crippen molar-refractivity contribution in [3.8, 4) is 0 Å². The summed E-state index contributed by atoms with van der Waals surface area (Å²) in [7, 11) is 2.14. The Morgan fingerprint density at radius 3 is 2.95 bits per heavy atom. The van der Waals surface area contributed by atoms with Gasteiger partial charge in [0.1, 0.15) is 5.82 Å². The summed E-state index contributed by atoms with van der Waals surface area (Å²) in [5.41, 5.74) is 0. The molecule has 2 heterocycles. The SMILES string of the molecule is CNC1CCC(C(C)C)CC1CN1CCn2ccnc2C1. The van der Waals surface area contributed by atoms with E-state index in [4.69, 9.17) is 0 Å². The molecule has 1 aliphatic carbocycles. The summed E-state index contributed by atoms with van der Waals surface area (Å²) in [6, 6.07) is 0.696. The van der Waals surface area contributed by atoms with Gasteiger partial charge in [-0.05, 0) is 44.1 Å². The molecule has 3 unspecified atom stereocenters. The van der Waals surface area contributed by atoms with E-state index in [1.54, 1.807) is 0 Å². The van der Waals surface area contributed by atoms with Gasteiger partial charge in [-0.25, -0.2) is 4.98 Å². The first-order valence-electron chi connectivity index (χ1n) is 8.57. The summed E-state index contributed by atoms with van der Waals surface area (Å²) in [5.74, 6) is 3.76. The van der Waals surface area contributed by atoms with Crippen LogP contribution in [0.1, 0.15) is 38.9 Å². The Morgan fingerprint density at radius 1 is 1.33 bits per heavy atom. The number of hydrogen-bond donors (Lipinski definition) is 1. The van der Waals surface area contributed by atoms with E-state index in [1.165, 1.54) is 38.2 Å². The van der Waals surface area contributed by atoms with Crippen LogP contribution in [0, 0.1) is 17.8 Å². The summed E-state index contributed by atoms with van der Waals surface area (Å²) < 4.78 is 2.30. The molecule has 0 bridgehead atoms. The molecule has 0 amide bonds. The van der Waals surface area contributed by atoms with Crippen molar-refractivity contribution >= 4 is 0 Å². The fraction of sp³-hybridized carbons (Fsp3) is 0.824. The molecule has 0 spiro atoms. The molecule has 1 fully saturated rings. The Balaban J connectivity index is 1.62. The molecule has 3 atom stereocenters. The van der Waals surface area contributed by atoms with Crippen LogP contribution in [-0.4, -0.2) is 40.6 Å². The van der Waals surface area contributed by atoms with Gasteiger partial charge in [0.15, 0.2) is 0 Å². The lowest BCUT2D eigenvalue weighted by molar-refractivity contribution is 0.109. The van der Waals surface area contributed by atoms with Gasteiger partial charge >= 0.3 is 0 Å². The minimum Gasteiger partial charge on any atom is -0.333 e. The first-order chi connectivity index (χ1) is 10.2. The van der Waals surface area contributed by atoms with Crippen LogP contribution < -0.4 is 5.32 Å². The van der Waals surface area contributed by atoms with Crippen LogP contribution in [0.25, 0.3) is 0 Å². The molecular formula is C17H30N4. The number of hydrogen-bond acceptors (Lipinski definition) is 3. The third-order valence-electron chi connectivity index (χ3n) is 5.65. The Kier molecular flexibility index (Phi) is 4.65. The molecular weight excluding hydrogens is 260 g/mol. The Bertz CT molecular complexity index is 453. The second kappa shape index (κ2) is 6.49. The van der Waals surface area contributed by atoms with Crippen LogP contribution in [-0.2, 0) is 13.1 Å². The van der Waals surface area contributed by atoms with Crippen molar-refractivity contribution in [1.29, 1.82) is 0 Å². The molecule has 4 heteroatoms. The third-order valence-corrected chi connectivity index (χ3v) is 5.65. The summed E-state index contributed by atoms with van der Waals surface area (Å²) in [4.78, 5) is 7.10. The Morgan fingerprint density at radius 2 is 2.19 bits per heavy atom. The summed E-state index contributed by atoms with van der Waals surface area (Å²) >= 11 is 0. The largest absolute Gasteiger partial charge is 0.333 e. The van der Waals surface area contributed by atoms with Gasteiger partial charge < -0.3 is 9.88 Å². The average molecular weight is 290 g/mol. The van der Waals surface area contributed by atoms with Gasteiger partial charge in [0, 0.05) is 38.1 Å². The van der Waals surface area contributed by atoms with Gasteiger partial charge in [0.05, 0.1) is 6.54 Å². The average Bonchev–Trinajstić information content (AvgIpc) is 2.94. The normalized spacial score (nSPS) is 30.6. The van der Waals surface area contributed by atoms with Gasteiger partial charge in [-0.1, -0.05) is 13.8 Å². The van der Waals surface area contributed by atoms with Gasteiger partial charge in [-0.2, -0.15) is 0 Å². The van der Waals surface area contributed by atoms with E-state index in [9.17, 15) is 0 Å². The molecule has 1 aliphatic heterocycles. The zero-order valence-corrected chi connectivity index (χ0v) is 13.8. The number of nitrogens with one attached hydrogen (secondary N) is 1. The minimum absolute atomic E-state index is 0.696.